The predicted molar refractivity (Wildman–Crippen MR) is 62.4 cm³/mol. The fourth-order valence-corrected chi connectivity index (χ4v) is 1.64. The number of aliphatic carboxylic acids is 1. The molecule has 1 unspecified atom stereocenters. The number of carbonyl (C=O) groups excluding carboxylic acids is 1. The molecule has 0 aromatic rings. The van der Waals surface area contributed by atoms with E-state index in [9.17, 15) is 22.8 Å². The van der Waals surface area contributed by atoms with E-state index in [-0.39, 0.29) is 0 Å². The number of carboxylic acid groups (broad SMARTS) is 1. The number of hydrogen-bond donors (Lipinski definition) is 3. The van der Waals surface area contributed by atoms with Crippen LogP contribution in [-0.2, 0) is 9.59 Å². The van der Waals surface area contributed by atoms with Gasteiger partial charge in [-0.2, -0.15) is 25.8 Å². The van der Waals surface area contributed by atoms with Crippen LogP contribution in [0.1, 0.15) is 20.3 Å². The lowest BCUT2D eigenvalue weighted by atomic mass is 9.98. The minimum Gasteiger partial charge on any atom is -0.480 e. The number of nitrogens with one attached hydrogen (secondary N) is 1. The van der Waals surface area contributed by atoms with Crippen LogP contribution >= 0.6 is 12.6 Å². The van der Waals surface area contributed by atoms with Gasteiger partial charge in [0, 0.05) is 5.75 Å². The fourth-order valence-electron chi connectivity index (χ4n) is 1.27. The summed E-state index contributed by atoms with van der Waals surface area (Å²) in [6.07, 6.45) is -4.31. The van der Waals surface area contributed by atoms with E-state index in [0.717, 1.165) is 0 Å². The van der Waals surface area contributed by atoms with Crippen LogP contribution in [0.5, 0.6) is 0 Å². The van der Waals surface area contributed by atoms with Crippen molar-refractivity contribution in [2.24, 2.45) is 11.8 Å². The minimum atomic E-state index is -4.73. The highest BCUT2D eigenvalue weighted by Crippen LogP contribution is 2.27. The summed E-state index contributed by atoms with van der Waals surface area (Å²) in [7, 11) is 0. The number of amides is 1. The van der Waals surface area contributed by atoms with Gasteiger partial charge in [0.25, 0.3) is 0 Å². The Balaban J connectivity index is 4.84. The van der Waals surface area contributed by atoms with Crippen LogP contribution in [-0.4, -0.2) is 35.0 Å². The maximum absolute atomic E-state index is 12.4. The summed E-state index contributed by atoms with van der Waals surface area (Å²) >= 11 is 3.47. The second-order valence-corrected chi connectivity index (χ2v) is 4.35. The quantitative estimate of drug-likeness (QED) is 0.652. The first-order valence-corrected chi connectivity index (χ1v) is 5.99. The van der Waals surface area contributed by atoms with E-state index in [0.29, 0.717) is 6.42 Å². The normalized spacial score (nSPS) is 16.8. The van der Waals surface area contributed by atoms with Gasteiger partial charge in [0.1, 0.15) is 12.0 Å². The van der Waals surface area contributed by atoms with E-state index >= 15 is 0 Å². The molecule has 0 aliphatic rings. The highest BCUT2D eigenvalue weighted by molar-refractivity contribution is 7.80. The zero-order valence-corrected chi connectivity index (χ0v) is 10.9. The lowest BCUT2D eigenvalue weighted by Crippen LogP contribution is -2.50. The summed E-state index contributed by atoms with van der Waals surface area (Å²) in [6, 6.07) is -1.33. The number of rotatable bonds is 6. The maximum atomic E-state index is 12.4. The molecule has 8 heteroatoms. The van der Waals surface area contributed by atoms with Crippen LogP contribution in [0.15, 0.2) is 0 Å². The summed E-state index contributed by atoms with van der Waals surface area (Å²) < 4.78 is 37.3. The standard InChI is InChI=1S/C10H16F3NO3S/c1-3-5(2)7(9(16)17)14-8(15)6(4-18)10(11,12)13/h5-7,18H,3-4H2,1-2H3,(H,14,15)(H,16,17)/t5-,6?,7-/m1/s1. The van der Waals surface area contributed by atoms with Crippen LogP contribution < -0.4 is 5.32 Å². The van der Waals surface area contributed by atoms with Gasteiger partial charge in [0.15, 0.2) is 0 Å². The molecule has 0 bridgehead atoms. The first-order valence-electron chi connectivity index (χ1n) is 5.35. The molecular formula is C10H16F3NO3S. The van der Waals surface area contributed by atoms with E-state index in [1.807, 2.05) is 5.32 Å². The molecule has 0 aromatic carbocycles. The molecule has 0 aliphatic heterocycles. The third kappa shape index (κ3) is 4.75. The van der Waals surface area contributed by atoms with Crippen molar-refractivity contribution in [2.75, 3.05) is 5.75 Å². The van der Waals surface area contributed by atoms with E-state index in [1.165, 1.54) is 0 Å². The summed E-state index contributed by atoms with van der Waals surface area (Å²) in [6.45, 7) is 3.23. The molecule has 0 aliphatic carbocycles. The molecule has 2 N–H and O–H groups in total. The third-order valence-electron chi connectivity index (χ3n) is 2.67. The van der Waals surface area contributed by atoms with Crippen LogP contribution in [0.4, 0.5) is 13.2 Å². The summed E-state index contributed by atoms with van der Waals surface area (Å²) in [5.41, 5.74) is 0. The second kappa shape index (κ2) is 6.86. The van der Waals surface area contributed by atoms with Crippen molar-refractivity contribution in [3.8, 4) is 0 Å². The zero-order valence-electron chi connectivity index (χ0n) is 9.99. The van der Waals surface area contributed by atoms with Gasteiger partial charge in [0.2, 0.25) is 5.91 Å². The minimum absolute atomic E-state index is 0.425. The number of hydrogen-bond acceptors (Lipinski definition) is 3. The molecule has 0 heterocycles. The molecule has 0 fully saturated rings. The lowest BCUT2D eigenvalue weighted by molar-refractivity contribution is -0.179. The number of halogens is 3. The molecule has 0 radical (unpaired) electrons. The van der Waals surface area contributed by atoms with E-state index < -0.39 is 41.7 Å². The SMILES string of the molecule is CC[C@@H](C)[C@@H](NC(=O)C(CS)C(F)(F)F)C(=O)O. The topological polar surface area (TPSA) is 66.4 Å². The van der Waals surface area contributed by atoms with E-state index in [4.69, 9.17) is 5.11 Å². The summed E-state index contributed by atoms with van der Waals surface area (Å²) in [5.74, 6) is -6.18. The number of carbonyl (C=O) groups is 2. The van der Waals surface area contributed by atoms with Crippen molar-refractivity contribution in [1.29, 1.82) is 0 Å². The first-order chi connectivity index (χ1) is 8.15. The molecule has 0 spiro atoms. The molecule has 106 valence electrons. The third-order valence-corrected chi connectivity index (χ3v) is 3.04. The molecule has 0 aromatic heterocycles. The Labute approximate surface area is 108 Å². The maximum Gasteiger partial charge on any atom is 0.401 e. The Hall–Kier alpha value is -0.920. The van der Waals surface area contributed by atoms with Gasteiger partial charge in [-0.25, -0.2) is 4.79 Å². The molecule has 0 saturated carbocycles. The number of alkyl halides is 3. The Morgan fingerprint density at radius 1 is 1.39 bits per heavy atom. The fraction of sp³-hybridized carbons (Fsp3) is 0.800. The van der Waals surface area contributed by atoms with Crippen LogP contribution in [0.25, 0.3) is 0 Å². The predicted octanol–water partition coefficient (Wildman–Crippen LogP) is 1.71. The number of thiol groups is 1. The molecule has 3 atom stereocenters. The zero-order chi connectivity index (χ0) is 14.5. The summed E-state index contributed by atoms with van der Waals surface area (Å²) in [5, 5.41) is 10.8. The highest BCUT2D eigenvalue weighted by atomic mass is 32.1. The van der Waals surface area contributed by atoms with Gasteiger partial charge < -0.3 is 10.4 Å². The van der Waals surface area contributed by atoms with Crippen molar-refractivity contribution in [3.05, 3.63) is 0 Å². The second-order valence-electron chi connectivity index (χ2n) is 3.99. The first kappa shape index (κ1) is 17.1. The Bertz CT molecular complexity index is 309. The molecular weight excluding hydrogens is 271 g/mol. The monoisotopic (exact) mass is 287 g/mol. The van der Waals surface area contributed by atoms with Gasteiger partial charge in [0.05, 0.1) is 0 Å². The molecule has 1 amide bonds. The largest absolute Gasteiger partial charge is 0.480 e. The summed E-state index contributed by atoms with van der Waals surface area (Å²) in [4.78, 5) is 22.3. The molecule has 18 heavy (non-hydrogen) atoms. The van der Waals surface area contributed by atoms with Gasteiger partial charge in [-0.3, -0.25) is 4.79 Å². The van der Waals surface area contributed by atoms with Crippen LogP contribution in [0.3, 0.4) is 0 Å². The van der Waals surface area contributed by atoms with Crippen molar-refractivity contribution < 1.29 is 27.9 Å². The van der Waals surface area contributed by atoms with Crippen molar-refractivity contribution in [2.45, 2.75) is 32.5 Å². The van der Waals surface area contributed by atoms with Gasteiger partial charge >= 0.3 is 12.1 Å². The van der Waals surface area contributed by atoms with Gasteiger partial charge in [-0.05, 0) is 5.92 Å². The van der Waals surface area contributed by atoms with Crippen molar-refractivity contribution in [1.82, 2.24) is 5.32 Å². The van der Waals surface area contributed by atoms with Gasteiger partial charge in [-0.1, -0.05) is 20.3 Å². The molecule has 4 nitrogen and oxygen atoms in total. The lowest BCUT2D eigenvalue weighted by Gasteiger charge is -2.24. The average molecular weight is 287 g/mol. The number of carboxylic acids is 1. The van der Waals surface area contributed by atoms with Crippen molar-refractivity contribution in [3.63, 3.8) is 0 Å². The highest BCUT2D eigenvalue weighted by Gasteiger charge is 2.45. The van der Waals surface area contributed by atoms with E-state index in [1.54, 1.807) is 13.8 Å². The molecule has 0 rings (SSSR count). The van der Waals surface area contributed by atoms with Crippen LogP contribution in [0, 0.1) is 11.8 Å². The smallest absolute Gasteiger partial charge is 0.401 e. The Morgan fingerprint density at radius 2 is 1.89 bits per heavy atom. The average Bonchev–Trinajstić information content (AvgIpc) is 2.23. The van der Waals surface area contributed by atoms with Crippen LogP contribution in [0.2, 0.25) is 0 Å². The van der Waals surface area contributed by atoms with Crippen molar-refractivity contribution >= 4 is 24.5 Å². The Morgan fingerprint density at radius 3 is 2.17 bits per heavy atom. The Kier molecular flexibility index (Phi) is 6.51. The van der Waals surface area contributed by atoms with E-state index in [2.05, 4.69) is 12.6 Å². The van der Waals surface area contributed by atoms with Gasteiger partial charge in [-0.15, -0.1) is 0 Å². The molecule has 0 saturated heterocycles.